The van der Waals surface area contributed by atoms with Gasteiger partial charge in [0.1, 0.15) is 5.82 Å². The Morgan fingerprint density at radius 3 is 2.67 bits per heavy atom. The molecule has 0 amide bonds. The first-order valence-corrected chi connectivity index (χ1v) is 9.37. The second-order valence-corrected chi connectivity index (χ2v) is 7.49. The zero-order chi connectivity index (χ0) is 16.1. The molecule has 0 aliphatic carbocycles. The lowest BCUT2D eigenvalue weighted by atomic mass is 10.3. The van der Waals surface area contributed by atoms with Gasteiger partial charge in [-0.2, -0.15) is 0 Å². The zero-order valence-electron chi connectivity index (χ0n) is 12.9. The Kier molecular flexibility index (Phi) is 3.11. The molecule has 3 aromatic heterocycles. The summed E-state index contributed by atoms with van der Waals surface area (Å²) in [7, 11) is 2.06. The quantitative estimate of drug-likeness (QED) is 0.459. The highest BCUT2D eigenvalue weighted by molar-refractivity contribution is 7.98. The van der Waals surface area contributed by atoms with Crippen molar-refractivity contribution in [1.29, 1.82) is 0 Å². The van der Waals surface area contributed by atoms with Crippen LogP contribution >= 0.6 is 23.1 Å². The summed E-state index contributed by atoms with van der Waals surface area (Å²) >= 11 is 3.34. The maximum atomic E-state index is 4.73. The van der Waals surface area contributed by atoms with Crippen LogP contribution in [0.1, 0.15) is 5.82 Å². The summed E-state index contributed by atoms with van der Waals surface area (Å²) in [6.07, 6.45) is 0. The van der Waals surface area contributed by atoms with Crippen LogP contribution in [0.25, 0.3) is 26.2 Å². The second-order valence-electron chi connectivity index (χ2n) is 5.53. The average molecular weight is 351 g/mol. The number of fused-ring (bicyclic) bond motifs is 4. The van der Waals surface area contributed by atoms with Gasteiger partial charge in [0.2, 0.25) is 4.96 Å². The van der Waals surface area contributed by atoms with Gasteiger partial charge in [0.05, 0.1) is 27.0 Å². The van der Waals surface area contributed by atoms with Crippen molar-refractivity contribution in [2.75, 3.05) is 0 Å². The highest BCUT2D eigenvalue weighted by Gasteiger charge is 2.14. The number of hydrogen-bond acceptors (Lipinski definition) is 5. The van der Waals surface area contributed by atoms with Crippen molar-refractivity contribution in [1.82, 2.24) is 24.1 Å². The molecule has 0 atom stereocenters. The molecule has 24 heavy (non-hydrogen) atoms. The third kappa shape index (κ3) is 2.05. The summed E-state index contributed by atoms with van der Waals surface area (Å²) < 4.78 is 5.51. The van der Waals surface area contributed by atoms with Gasteiger partial charge in [0, 0.05) is 7.05 Å². The predicted octanol–water partition coefficient (Wildman–Crippen LogP) is 4.12. The van der Waals surface area contributed by atoms with E-state index in [2.05, 4.69) is 56.5 Å². The summed E-state index contributed by atoms with van der Waals surface area (Å²) in [5.41, 5.74) is 3.35. The second kappa shape index (κ2) is 5.32. The molecule has 0 bridgehead atoms. The smallest absolute Gasteiger partial charge is 0.217 e. The van der Waals surface area contributed by atoms with E-state index in [4.69, 9.17) is 4.98 Å². The molecule has 0 radical (unpaired) electrons. The van der Waals surface area contributed by atoms with Gasteiger partial charge >= 0.3 is 0 Å². The number of nitrogens with zero attached hydrogens (tertiary/aromatic N) is 5. The molecule has 7 heteroatoms. The lowest BCUT2D eigenvalue weighted by Crippen LogP contribution is -1.96. The summed E-state index contributed by atoms with van der Waals surface area (Å²) in [4.78, 5) is 5.66. The fourth-order valence-electron chi connectivity index (χ4n) is 2.90. The SMILES string of the molecule is Cn1c(CSc2nnc3sc4ccccc4n23)nc2ccccc21. The first kappa shape index (κ1) is 14.0. The van der Waals surface area contributed by atoms with E-state index >= 15 is 0 Å². The molecule has 0 aliphatic heterocycles. The van der Waals surface area contributed by atoms with E-state index in [1.807, 2.05) is 18.2 Å². The normalized spacial score (nSPS) is 11.9. The summed E-state index contributed by atoms with van der Waals surface area (Å²) in [5, 5.41) is 9.58. The van der Waals surface area contributed by atoms with E-state index in [0.29, 0.717) is 0 Å². The average Bonchev–Trinajstić information content (AvgIpc) is 3.26. The summed E-state index contributed by atoms with van der Waals surface area (Å²) in [6.45, 7) is 0. The third-order valence-corrected chi connectivity index (χ3v) is 6.06. The van der Waals surface area contributed by atoms with E-state index in [9.17, 15) is 0 Å². The molecule has 0 aliphatic rings. The maximum Gasteiger partial charge on any atom is 0.217 e. The Morgan fingerprint density at radius 1 is 1.00 bits per heavy atom. The lowest BCUT2D eigenvalue weighted by Gasteiger charge is -2.01. The number of imidazole rings is 1. The monoisotopic (exact) mass is 351 g/mol. The number of aromatic nitrogens is 5. The molecule has 0 fully saturated rings. The first-order chi connectivity index (χ1) is 11.8. The van der Waals surface area contributed by atoms with Crippen molar-refractivity contribution in [2.24, 2.45) is 7.05 Å². The van der Waals surface area contributed by atoms with Crippen LogP contribution in [0.2, 0.25) is 0 Å². The van der Waals surface area contributed by atoms with Gasteiger partial charge in [-0.3, -0.25) is 4.40 Å². The minimum Gasteiger partial charge on any atom is -0.330 e. The minimum absolute atomic E-state index is 0.760. The van der Waals surface area contributed by atoms with Crippen molar-refractivity contribution >= 4 is 49.3 Å². The van der Waals surface area contributed by atoms with E-state index in [0.717, 1.165) is 38.2 Å². The summed E-state index contributed by atoms with van der Waals surface area (Å²) in [6, 6.07) is 16.5. The van der Waals surface area contributed by atoms with E-state index in [1.54, 1.807) is 23.1 Å². The minimum atomic E-state index is 0.760. The molecule has 5 aromatic rings. The van der Waals surface area contributed by atoms with Crippen LogP contribution < -0.4 is 0 Å². The largest absolute Gasteiger partial charge is 0.330 e. The Hall–Kier alpha value is -2.38. The maximum absolute atomic E-state index is 4.73. The molecule has 0 N–H and O–H groups in total. The fourth-order valence-corrected chi connectivity index (χ4v) is 4.85. The number of thioether (sulfide) groups is 1. The van der Waals surface area contributed by atoms with Crippen LogP contribution in [0, 0.1) is 0 Å². The number of benzene rings is 2. The standard InChI is InChI=1S/C17H13N5S2/c1-21-12-7-3-2-6-11(12)18-15(21)10-23-16-19-20-17-22(16)13-8-4-5-9-14(13)24-17/h2-9H,10H2,1H3. The van der Waals surface area contributed by atoms with Gasteiger partial charge in [-0.1, -0.05) is 47.4 Å². The van der Waals surface area contributed by atoms with Crippen molar-refractivity contribution < 1.29 is 0 Å². The van der Waals surface area contributed by atoms with Gasteiger partial charge in [0.25, 0.3) is 0 Å². The summed E-state index contributed by atoms with van der Waals surface area (Å²) in [5.74, 6) is 1.80. The Bertz CT molecular complexity index is 1180. The van der Waals surface area contributed by atoms with Gasteiger partial charge in [0.15, 0.2) is 5.16 Å². The Labute approximate surface area is 146 Å². The molecule has 2 aromatic carbocycles. The predicted molar refractivity (Wildman–Crippen MR) is 98.6 cm³/mol. The molecule has 118 valence electrons. The third-order valence-electron chi connectivity index (χ3n) is 4.12. The molecule has 3 heterocycles. The fraction of sp³-hybridized carbons (Fsp3) is 0.118. The highest BCUT2D eigenvalue weighted by atomic mass is 32.2. The Morgan fingerprint density at radius 2 is 1.79 bits per heavy atom. The number of para-hydroxylation sites is 3. The molecule has 5 rings (SSSR count). The van der Waals surface area contributed by atoms with Crippen molar-refractivity contribution in [2.45, 2.75) is 10.9 Å². The zero-order valence-corrected chi connectivity index (χ0v) is 14.5. The van der Waals surface area contributed by atoms with E-state index in [1.165, 1.54) is 4.70 Å². The van der Waals surface area contributed by atoms with Crippen LogP contribution in [-0.4, -0.2) is 24.1 Å². The highest BCUT2D eigenvalue weighted by Crippen LogP contribution is 2.31. The van der Waals surface area contributed by atoms with Gasteiger partial charge in [-0.15, -0.1) is 10.2 Å². The first-order valence-electron chi connectivity index (χ1n) is 7.57. The molecule has 0 saturated carbocycles. The van der Waals surface area contributed by atoms with Crippen LogP contribution in [0.4, 0.5) is 0 Å². The Balaban J connectivity index is 1.53. The molecule has 5 nitrogen and oxygen atoms in total. The van der Waals surface area contributed by atoms with Crippen molar-refractivity contribution in [3.05, 3.63) is 54.4 Å². The number of rotatable bonds is 3. The van der Waals surface area contributed by atoms with Gasteiger partial charge in [-0.25, -0.2) is 4.98 Å². The van der Waals surface area contributed by atoms with Crippen molar-refractivity contribution in [3.8, 4) is 0 Å². The van der Waals surface area contributed by atoms with E-state index in [-0.39, 0.29) is 0 Å². The number of hydrogen-bond donors (Lipinski definition) is 0. The molecule has 0 unspecified atom stereocenters. The topological polar surface area (TPSA) is 48.0 Å². The van der Waals surface area contributed by atoms with Crippen LogP contribution in [0.15, 0.2) is 53.7 Å². The molecule has 0 saturated heterocycles. The van der Waals surface area contributed by atoms with Crippen molar-refractivity contribution in [3.63, 3.8) is 0 Å². The molecular formula is C17H13N5S2. The lowest BCUT2D eigenvalue weighted by molar-refractivity contribution is 0.870. The molecular weight excluding hydrogens is 338 g/mol. The number of aryl methyl sites for hydroxylation is 1. The van der Waals surface area contributed by atoms with Crippen LogP contribution in [0.5, 0.6) is 0 Å². The van der Waals surface area contributed by atoms with Gasteiger partial charge in [-0.05, 0) is 24.3 Å². The van der Waals surface area contributed by atoms with Crippen LogP contribution in [0.3, 0.4) is 0 Å². The van der Waals surface area contributed by atoms with E-state index < -0.39 is 0 Å². The van der Waals surface area contributed by atoms with Gasteiger partial charge < -0.3 is 4.57 Å². The molecule has 0 spiro atoms. The van der Waals surface area contributed by atoms with Crippen LogP contribution in [-0.2, 0) is 12.8 Å². The number of thiazole rings is 1.